The molecule has 34 heavy (non-hydrogen) atoms. The zero-order valence-electron chi connectivity index (χ0n) is 21.7. The van der Waals surface area contributed by atoms with E-state index in [1.54, 1.807) is 0 Å². The Morgan fingerprint density at radius 1 is 1.24 bits per heavy atom. The Morgan fingerprint density at radius 3 is 2.65 bits per heavy atom. The van der Waals surface area contributed by atoms with E-state index in [2.05, 4.69) is 66.9 Å². The van der Waals surface area contributed by atoms with Gasteiger partial charge in [0, 0.05) is 44.2 Å². The van der Waals surface area contributed by atoms with E-state index in [1.807, 2.05) is 25.4 Å². The van der Waals surface area contributed by atoms with Gasteiger partial charge in [-0.25, -0.2) is 4.79 Å². The summed E-state index contributed by atoms with van der Waals surface area (Å²) in [5.41, 5.74) is 5.60. The van der Waals surface area contributed by atoms with Crippen molar-refractivity contribution >= 4 is 20.4 Å². The number of carbonyl (C=O) groups is 1. The highest BCUT2D eigenvalue weighted by molar-refractivity contribution is 6.74. The first-order valence-electron chi connectivity index (χ1n) is 12.0. The third-order valence-corrected chi connectivity index (χ3v) is 11.7. The van der Waals surface area contributed by atoms with Crippen molar-refractivity contribution in [2.24, 2.45) is 0 Å². The van der Waals surface area contributed by atoms with Gasteiger partial charge in [-0.2, -0.15) is 0 Å². The van der Waals surface area contributed by atoms with Gasteiger partial charge in [0.15, 0.2) is 8.32 Å². The van der Waals surface area contributed by atoms with Crippen molar-refractivity contribution in [3.63, 3.8) is 0 Å². The molecule has 1 atom stereocenters. The highest BCUT2D eigenvalue weighted by Crippen LogP contribution is 2.38. The summed E-state index contributed by atoms with van der Waals surface area (Å²) >= 11 is 0. The fraction of sp³-hybridized carbons (Fsp3) is 0.519. The molecule has 1 aliphatic rings. The lowest BCUT2D eigenvalue weighted by Gasteiger charge is -2.37. The topological polar surface area (TPSA) is 64.5 Å². The molecule has 0 saturated carbocycles. The zero-order chi connectivity index (χ0) is 24.9. The molecule has 0 fully saturated rings. The van der Waals surface area contributed by atoms with Crippen LogP contribution in [0.2, 0.25) is 18.1 Å². The Bertz CT molecular complexity index is 1010. The minimum absolute atomic E-state index is 0.189. The SMILES string of the molecule is COC(=O)C=Cc1ccc2c(c1)CCC2N(CCO[Si](C)(C)C(C)(C)C)Cc1cnc(C)cn1. The second kappa shape index (κ2) is 10.9. The summed E-state index contributed by atoms with van der Waals surface area (Å²) in [5, 5.41) is 0.189. The molecule has 0 spiro atoms. The van der Waals surface area contributed by atoms with Crippen LogP contribution in [-0.4, -0.2) is 49.4 Å². The highest BCUT2D eigenvalue weighted by atomic mass is 28.4. The molecular weight excluding hydrogens is 442 g/mol. The van der Waals surface area contributed by atoms with Crippen LogP contribution in [0.25, 0.3) is 6.08 Å². The fourth-order valence-corrected chi connectivity index (χ4v) is 5.05. The lowest BCUT2D eigenvalue weighted by Crippen LogP contribution is -2.43. The number of hydrogen-bond acceptors (Lipinski definition) is 6. The van der Waals surface area contributed by atoms with Crippen molar-refractivity contribution in [2.45, 2.75) is 71.3 Å². The molecule has 7 heteroatoms. The van der Waals surface area contributed by atoms with Gasteiger partial charge in [-0.05, 0) is 60.7 Å². The Morgan fingerprint density at radius 2 is 2.00 bits per heavy atom. The maximum atomic E-state index is 11.5. The second-order valence-electron chi connectivity index (χ2n) is 10.6. The molecule has 1 aromatic carbocycles. The zero-order valence-corrected chi connectivity index (χ0v) is 22.7. The Hall–Kier alpha value is -2.35. The summed E-state index contributed by atoms with van der Waals surface area (Å²) in [6, 6.07) is 6.77. The van der Waals surface area contributed by atoms with Gasteiger partial charge in [0.25, 0.3) is 0 Å². The molecule has 0 aliphatic heterocycles. The van der Waals surface area contributed by atoms with Crippen LogP contribution >= 0.6 is 0 Å². The maximum absolute atomic E-state index is 11.5. The largest absolute Gasteiger partial charge is 0.466 e. The Balaban J connectivity index is 1.79. The minimum Gasteiger partial charge on any atom is -0.466 e. The molecule has 0 radical (unpaired) electrons. The molecule has 1 aromatic heterocycles. The van der Waals surface area contributed by atoms with Crippen molar-refractivity contribution in [1.29, 1.82) is 0 Å². The monoisotopic (exact) mass is 481 g/mol. The smallest absolute Gasteiger partial charge is 0.330 e. The molecule has 0 saturated heterocycles. The molecule has 0 amide bonds. The van der Waals surface area contributed by atoms with Gasteiger partial charge in [0.05, 0.1) is 18.5 Å². The van der Waals surface area contributed by atoms with E-state index < -0.39 is 8.32 Å². The van der Waals surface area contributed by atoms with E-state index in [9.17, 15) is 4.79 Å². The number of ether oxygens (including phenoxy) is 1. The molecule has 1 unspecified atom stereocenters. The van der Waals surface area contributed by atoms with Crippen LogP contribution in [-0.2, 0) is 26.9 Å². The van der Waals surface area contributed by atoms with Crippen molar-refractivity contribution in [3.8, 4) is 0 Å². The normalized spacial score (nSPS) is 16.3. The molecule has 2 aromatic rings. The fourth-order valence-electron chi connectivity index (χ4n) is 4.02. The summed E-state index contributed by atoms with van der Waals surface area (Å²) in [5.74, 6) is -0.342. The van der Waals surface area contributed by atoms with Gasteiger partial charge < -0.3 is 9.16 Å². The first-order chi connectivity index (χ1) is 16.0. The second-order valence-corrected chi connectivity index (χ2v) is 15.4. The van der Waals surface area contributed by atoms with Crippen molar-refractivity contribution in [3.05, 3.63) is 64.7 Å². The van der Waals surface area contributed by atoms with E-state index in [0.717, 1.165) is 42.9 Å². The molecule has 1 aliphatic carbocycles. The van der Waals surface area contributed by atoms with Crippen molar-refractivity contribution < 1.29 is 14.0 Å². The number of carbonyl (C=O) groups excluding carboxylic acids is 1. The number of fused-ring (bicyclic) bond motifs is 1. The van der Waals surface area contributed by atoms with Crippen molar-refractivity contribution in [1.82, 2.24) is 14.9 Å². The number of benzene rings is 1. The highest BCUT2D eigenvalue weighted by Gasteiger charge is 2.37. The standard InChI is InChI=1S/C27H39N3O3Si/c1-20-17-29-23(18-28-20)19-30(14-15-33-34(6,7)27(2,3)4)25-12-10-22-16-21(8-11-24(22)25)9-13-26(31)32-5/h8-9,11,13,16-18,25H,10,12,14-15,19H2,1-7H3. The average molecular weight is 482 g/mol. The quantitative estimate of drug-likeness (QED) is 0.268. The van der Waals surface area contributed by atoms with Gasteiger partial charge in [-0.1, -0.05) is 39.0 Å². The van der Waals surface area contributed by atoms with Crippen LogP contribution < -0.4 is 0 Å². The van der Waals surface area contributed by atoms with Gasteiger partial charge >= 0.3 is 5.97 Å². The van der Waals surface area contributed by atoms with Gasteiger partial charge in [-0.3, -0.25) is 14.9 Å². The number of esters is 1. The van der Waals surface area contributed by atoms with Crippen LogP contribution in [0.5, 0.6) is 0 Å². The number of rotatable bonds is 9. The first kappa shape index (κ1) is 26.3. The molecule has 0 bridgehead atoms. The molecule has 184 valence electrons. The van der Waals surface area contributed by atoms with E-state index in [-0.39, 0.29) is 11.0 Å². The van der Waals surface area contributed by atoms with Gasteiger partial charge in [0.2, 0.25) is 0 Å². The molecule has 1 heterocycles. The van der Waals surface area contributed by atoms with Gasteiger partial charge in [0.1, 0.15) is 0 Å². The number of aromatic nitrogens is 2. The van der Waals surface area contributed by atoms with Crippen LogP contribution in [0.4, 0.5) is 0 Å². The number of hydrogen-bond donors (Lipinski definition) is 0. The third-order valence-electron chi connectivity index (χ3n) is 7.11. The van der Waals surface area contributed by atoms with Gasteiger partial charge in [-0.15, -0.1) is 0 Å². The van der Waals surface area contributed by atoms with Crippen LogP contribution in [0.1, 0.15) is 61.3 Å². The summed E-state index contributed by atoms with van der Waals surface area (Å²) < 4.78 is 11.2. The number of methoxy groups -OCH3 is 1. The van der Waals surface area contributed by atoms with Crippen LogP contribution in [0.3, 0.4) is 0 Å². The maximum Gasteiger partial charge on any atom is 0.330 e. The van der Waals surface area contributed by atoms with E-state index >= 15 is 0 Å². The molecule has 0 N–H and O–H groups in total. The number of aryl methyl sites for hydroxylation is 2. The summed E-state index contributed by atoms with van der Waals surface area (Å²) in [6.45, 7) is 15.7. The Kier molecular flexibility index (Phi) is 8.44. The third kappa shape index (κ3) is 6.61. The number of nitrogens with zero attached hydrogens (tertiary/aromatic N) is 3. The summed E-state index contributed by atoms with van der Waals surface area (Å²) in [7, 11) is -0.421. The predicted molar refractivity (Wildman–Crippen MR) is 139 cm³/mol. The molecule has 3 rings (SSSR count). The predicted octanol–water partition coefficient (Wildman–Crippen LogP) is 5.48. The van der Waals surface area contributed by atoms with E-state index in [1.165, 1.54) is 24.3 Å². The minimum atomic E-state index is -1.81. The first-order valence-corrected chi connectivity index (χ1v) is 15.0. The van der Waals surface area contributed by atoms with Crippen LogP contribution in [0, 0.1) is 6.92 Å². The molecular formula is C27H39N3O3Si. The van der Waals surface area contributed by atoms with E-state index in [4.69, 9.17) is 9.16 Å². The van der Waals surface area contributed by atoms with E-state index in [0.29, 0.717) is 12.6 Å². The van der Waals surface area contributed by atoms with Crippen molar-refractivity contribution in [2.75, 3.05) is 20.3 Å². The average Bonchev–Trinajstić information content (AvgIpc) is 3.20. The lowest BCUT2D eigenvalue weighted by molar-refractivity contribution is -0.134. The molecule has 6 nitrogen and oxygen atoms in total. The van der Waals surface area contributed by atoms with Crippen LogP contribution in [0.15, 0.2) is 36.7 Å². The Labute approximate surface area is 205 Å². The summed E-state index contributed by atoms with van der Waals surface area (Å²) in [6.07, 6.45) is 9.06. The lowest BCUT2D eigenvalue weighted by atomic mass is 10.0. The summed E-state index contributed by atoms with van der Waals surface area (Å²) in [4.78, 5) is 23.0.